The summed E-state index contributed by atoms with van der Waals surface area (Å²) in [6.45, 7) is 4.51. The topological polar surface area (TPSA) is 179 Å². The second kappa shape index (κ2) is 13.6. The molecule has 0 radical (unpaired) electrons. The minimum Gasteiger partial charge on any atom is -0.274 e. The zero-order valence-electron chi connectivity index (χ0n) is 25.8. The molecule has 244 valence electrons. The number of aromatic nitrogens is 6. The van der Waals surface area contributed by atoms with Crippen LogP contribution in [0.2, 0.25) is 0 Å². The highest BCUT2D eigenvalue weighted by Crippen LogP contribution is 2.26. The number of hydrogen-bond acceptors (Lipinski definition) is 10. The van der Waals surface area contributed by atoms with E-state index in [1.165, 1.54) is 40.6 Å². The van der Waals surface area contributed by atoms with Crippen LogP contribution in [0.4, 0.5) is 0 Å². The third-order valence-electron chi connectivity index (χ3n) is 7.14. The van der Waals surface area contributed by atoms with Crippen LogP contribution in [0.1, 0.15) is 40.0 Å². The lowest BCUT2D eigenvalue weighted by Gasteiger charge is -2.21. The Morgan fingerprint density at radius 3 is 1.72 bits per heavy atom. The Morgan fingerprint density at radius 2 is 1.26 bits per heavy atom. The molecule has 2 aromatic heterocycles. The number of hydrogen-bond donors (Lipinski definition) is 1. The summed E-state index contributed by atoms with van der Waals surface area (Å²) in [5, 5.41) is 16.9. The molecule has 5 rings (SSSR count). The molecule has 0 atom stereocenters. The molecule has 3 aromatic carbocycles. The van der Waals surface area contributed by atoms with Gasteiger partial charge in [0.2, 0.25) is 11.8 Å². The van der Waals surface area contributed by atoms with Gasteiger partial charge in [-0.05, 0) is 61.0 Å². The largest absolute Gasteiger partial charge is 0.274 e. The van der Waals surface area contributed by atoms with E-state index in [9.17, 15) is 26.4 Å². The predicted molar refractivity (Wildman–Crippen MR) is 172 cm³/mol. The fourth-order valence-corrected chi connectivity index (χ4v) is 7.19. The molecule has 2 amide bonds. The number of rotatable bonds is 12. The van der Waals surface area contributed by atoms with Gasteiger partial charge in [-0.25, -0.2) is 35.2 Å². The third-order valence-corrected chi connectivity index (χ3v) is 10.5. The first-order valence-corrected chi connectivity index (χ1v) is 17.5. The molecular formula is C31H32N8O6S2. The van der Waals surface area contributed by atoms with Crippen LogP contribution < -0.4 is 4.72 Å². The number of unbranched alkanes of at least 4 members (excludes halogenated alkanes) is 2. The van der Waals surface area contributed by atoms with Gasteiger partial charge >= 0.3 is 0 Å². The molecule has 0 unspecified atom stereocenters. The van der Waals surface area contributed by atoms with Crippen molar-refractivity contribution in [2.45, 2.75) is 49.8 Å². The molecule has 0 spiro atoms. The number of nitrogens with zero attached hydrogens (tertiary/aromatic N) is 7. The Morgan fingerprint density at radius 1 is 0.745 bits per heavy atom. The summed E-state index contributed by atoms with van der Waals surface area (Å²) in [6, 6.07) is 19.4. The van der Waals surface area contributed by atoms with Crippen LogP contribution in [0.25, 0.3) is 33.9 Å². The van der Waals surface area contributed by atoms with Gasteiger partial charge in [-0.15, -0.1) is 10.2 Å². The van der Waals surface area contributed by atoms with Gasteiger partial charge in [0.1, 0.15) is 11.4 Å². The molecule has 0 bridgehead atoms. The molecular weight excluding hydrogens is 645 g/mol. The van der Waals surface area contributed by atoms with Crippen LogP contribution >= 0.6 is 0 Å². The highest BCUT2D eigenvalue weighted by Gasteiger charge is 2.26. The van der Waals surface area contributed by atoms with Gasteiger partial charge in [-0.2, -0.15) is 0 Å². The number of benzene rings is 3. The maximum Gasteiger partial charge on any atom is 0.266 e. The zero-order valence-corrected chi connectivity index (χ0v) is 27.4. The number of carbonyl (C=O) groups excluding carboxylic acids is 2. The van der Waals surface area contributed by atoms with Gasteiger partial charge in [-0.3, -0.25) is 9.59 Å². The molecule has 0 saturated heterocycles. The van der Waals surface area contributed by atoms with E-state index in [0.717, 1.165) is 35.2 Å². The van der Waals surface area contributed by atoms with E-state index in [-0.39, 0.29) is 16.3 Å². The Kier molecular flexibility index (Phi) is 9.62. The summed E-state index contributed by atoms with van der Waals surface area (Å²) in [4.78, 5) is 23.3. The Balaban J connectivity index is 1.32. The van der Waals surface area contributed by atoms with Crippen molar-refractivity contribution in [3.63, 3.8) is 0 Å². The van der Waals surface area contributed by atoms with Crippen LogP contribution in [0.15, 0.2) is 95.0 Å². The highest BCUT2D eigenvalue weighted by atomic mass is 32.2. The van der Waals surface area contributed by atoms with Crippen LogP contribution in [0.5, 0.6) is 0 Å². The average molecular weight is 677 g/mol. The van der Waals surface area contributed by atoms with Crippen molar-refractivity contribution in [2.75, 3.05) is 6.54 Å². The zero-order chi connectivity index (χ0) is 33.8. The van der Waals surface area contributed by atoms with Gasteiger partial charge < -0.3 is 0 Å². The Bertz CT molecular complexity index is 2120. The van der Waals surface area contributed by atoms with Gasteiger partial charge in [0.25, 0.3) is 20.0 Å². The predicted octanol–water partition coefficient (Wildman–Crippen LogP) is 3.73. The SMILES string of the molecule is CCCCCN(C(C)=O)S(=O)(=O)c1ccc(-n2cc(-c3cccc(-c4cn(-c5ccc(S(=O)(=O)NC(C)=O)cc5)nn4)c3)nn2)cc1. The van der Waals surface area contributed by atoms with E-state index in [4.69, 9.17) is 0 Å². The van der Waals surface area contributed by atoms with Gasteiger partial charge in [0.05, 0.1) is 33.6 Å². The average Bonchev–Trinajstić information content (AvgIpc) is 3.74. The van der Waals surface area contributed by atoms with Crippen molar-refractivity contribution in [3.8, 4) is 33.9 Å². The summed E-state index contributed by atoms with van der Waals surface area (Å²) >= 11 is 0. The van der Waals surface area contributed by atoms with Crippen molar-refractivity contribution in [1.29, 1.82) is 0 Å². The molecule has 0 saturated carbocycles. The first-order chi connectivity index (χ1) is 22.4. The fraction of sp³-hybridized carbons (Fsp3) is 0.226. The quantitative estimate of drug-likeness (QED) is 0.191. The molecule has 2 heterocycles. The second-order valence-electron chi connectivity index (χ2n) is 10.6. The van der Waals surface area contributed by atoms with E-state index < -0.39 is 31.9 Å². The van der Waals surface area contributed by atoms with Crippen LogP contribution in [0.3, 0.4) is 0 Å². The Labute approximate surface area is 272 Å². The van der Waals surface area contributed by atoms with Crippen molar-refractivity contribution >= 4 is 31.9 Å². The lowest BCUT2D eigenvalue weighted by atomic mass is 10.1. The van der Waals surface area contributed by atoms with Crippen LogP contribution in [-0.2, 0) is 29.6 Å². The molecule has 0 fully saturated rings. The smallest absolute Gasteiger partial charge is 0.266 e. The van der Waals surface area contributed by atoms with E-state index in [2.05, 4.69) is 20.6 Å². The van der Waals surface area contributed by atoms with Crippen LogP contribution in [0, 0.1) is 0 Å². The van der Waals surface area contributed by atoms with E-state index in [1.807, 2.05) is 35.9 Å². The van der Waals surface area contributed by atoms with E-state index >= 15 is 0 Å². The molecule has 5 aromatic rings. The molecule has 14 nitrogen and oxygen atoms in total. The van der Waals surface area contributed by atoms with Crippen molar-refractivity contribution in [3.05, 3.63) is 85.2 Å². The van der Waals surface area contributed by atoms with Crippen molar-refractivity contribution < 1.29 is 26.4 Å². The van der Waals surface area contributed by atoms with Crippen molar-refractivity contribution in [2.24, 2.45) is 0 Å². The van der Waals surface area contributed by atoms with Crippen LogP contribution in [-0.4, -0.2) is 69.5 Å². The molecule has 0 aliphatic heterocycles. The number of sulfonamides is 2. The van der Waals surface area contributed by atoms with E-state index in [1.54, 1.807) is 36.7 Å². The minimum atomic E-state index is -3.99. The number of nitrogens with one attached hydrogen (secondary N) is 1. The summed E-state index contributed by atoms with van der Waals surface area (Å²) in [6.07, 6.45) is 5.73. The maximum absolute atomic E-state index is 13.1. The number of amides is 2. The second-order valence-corrected chi connectivity index (χ2v) is 14.2. The molecule has 1 N–H and O–H groups in total. The molecule has 47 heavy (non-hydrogen) atoms. The first-order valence-electron chi connectivity index (χ1n) is 14.6. The minimum absolute atomic E-state index is 0.0139. The summed E-state index contributed by atoms with van der Waals surface area (Å²) in [7, 11) is -7.94. The van der Waals surface area contributed by atoms with Crippen molar-refractivity contribution in [1.82, 2.24) is 39.0 Å². The molecule has 0 aliphatic carbocycles. The summed E-state index contributed by atoms with van der Waals surface area (Å²) < 4.78 is 56.6. The monoisotopic (exact) mass is 676 g/mol. The Hall–Kier alpha value is -5.22. The maximum atomic E-state index is 13.1. The van der Waals surface area contributed by atoms with Gasteiger partial charge in [-0.1, -0.05) is 48.4 Å². The standard InChI is InChI=1S/C31H32N8O6S2/c1-4-5-6-18-39(23(3)41)47(44,45)29-16-12-27(13-17-29)38-21-31(33-36-38)25-9-7-8-24(19-25)30-20-37(35-32-30)26-10-14-28(15-11-26)46(42,43)34-22(2)40/h7-17,19-21H,4-6,18H2,1-3H3,(H,34,40). The van der Waals surface area contributed by atoms with Gasteiger partial charge in [0.15, 0.2) is 0 Å². The van der Waals surface area contributed by atoms with Gasteiger partial charge in [0, 0.05) is 31.5 Å². The lowest BCUT2D eigenvalue weighted by Crippen LogP contribution is -2.36. The summed E-state index contributed by atoms with van der Waals surface area (Å²) in [5.41, 5.74) is 3.76. The fourth-order valence-electron chi connectivity index (χ4n) is 4.76. The highest BCUT2D eigenvalue weighted by molar-refractivity contribution is 7.90. The molecule has 0 aliphatic rings. The third kappa shape index (κ3) is 7.44. The first kappa shape index (κ1) is 33.2. The molecule has 16 heteroatoms. The van der Waals surface area contributed by atoms with E-state index in [0.29, 0.717) is 29.2 Å². The lowest BCUT2D eigenvalue weighted by molar-refractivity contribution is -0.124. The normalized spacial score (nSPS) is 11.7. The number of carbonyl (C=O) groups is 2. The summed E-state index contributed by atoms with van der Waals surface area (Å²) in [5.74, 6) is -1.21.